The highest BCUT2D eigenvalue weighted by Gasteiger charge is 2.20. The summed E-state index contributed by atoms with van der Waals surface area (Å²) < 4.78 is 4.14. The van der Waals surface area contributed by atoms with Gasteiger partial charge in [0, 0.05) is 36.8 Å². The maximum Gasteiger partial charge on any atom is 0.136 e. The molecule has 0 N–H and O–H groups in total. The van der Waals surface area contributed by atoms with Crippen molar-refractivity contribution in [2.75, 3.05) is 5.88 Å². The van der Waals surface area contributed by atoms with Crippen LogP contribution in [0.2, 0.25) is 0 Å². The van der Waals surface area contributed by atoms with Crippen molar-refractivity contribution in [3.05, 3.63) is 24.2 Å². The smallest absolute Gasteiger partial charge is 0.136 e. The van der Waals surface area contributed by atoms with E-state index in [9.17, 15) is 0 Å². The second-order valence-electron chi connectivity index (χ2n) is 4.53. The Morgan fingerprint density at radius 2 is 2.12 bits per heavy atom. The number of fused-ring (bicyclic) bond motifs is 1. The predicted molar refractivity (Wildman–Crippen MR) is 65.1 cm³/mol. The van der Waals surface area contributed by atoms with Crippen molar-refractivity contribution in [1.29, 1.82) is 0 Å². The fourth-order valence-corrected chi connectivity index (χ4v) is 2.83. The Morgan fingerprint density at radius 1 is 1.31 bits per heavy atom. The second kappa shape index (κ2) is 4.13. The van der Waals surface area contributed by atoms with Gasteiger partial charge in [-0.25, -0.2) is 4.52 Å². The van der Waals surface area contributed by atoms with E-state index in [1.165, 1.54) is 37.0 Å². The molecule has 1 saturated carbocycles. The monoisotopic (exact) mass is 237 g/mol. The van der Waals surface area contributed by atoms with E-state index in [4.69, 9.17) is 11.6 Å². The molecule has 3 rings (SSSR count). The molecular formula is C12H16ClN3. The fourth-order valence-electron chi connectivity index (χ4n) is 2.65. The van der Waals surface area contributed by atoms with Gasteiger partial charge in [0.1, 0.15) is 5.65 Å². The van der Waals surface area contributed by atoms with E-state index >= 15 is 0 Å². The SMILES string of the molecule is ClCCn1ccn2nc(C3CCCC3)cc12. The summed E-state index contributed by atoms with van der Waals surface area (Å²) in [6.07, 6.45) is 9.37. The highest BCUT2D eigenvalue weighted by atomic mass is 35.5. The molecule has 1 aliphatic rings. The van der Waals surface area contributed by atoms with Crippen LogP contribution < -0.4 is 0 Å². The molecule has 3 nitrogen and oxygen atoms in total. The van der Waals surface area contributed by atoms with E-state index in [0.717, 1.165) is 6.54 Å². The summed E-state index contributed by atoms with van der Waals surface area (Å²) in [4.78, 5) is 0. The van der Waals surface area contributed by atoms with Crippen LogP contribution in [0.25, 0.3) is 5.65 Å². The number of hydrogen-bond acceptors (Lipinski definition) is 1. The molecule has 4 heteroatoms. The van der Waals surface area contributed by atoms with E-state index in [1.54, 1.807) is 0 Å². The zero-order valence-corrected chi connectivity index (χ0v) is 10.0. The van der Waals surface area contributed by atoms with Crippen LogP contribution in [0.3, 0.4) is 0 Å². The highest BCUT2D eigenvalue weighted by Crippen LogP contribution is 2.33. The molecular weight excluding hydrogens is 222 g/mol. The molecule has 86 valence electrons. The average molecular weight is 238 g/mol. The van der Waals surface area contributed by atoms with Crippen molar-refractivity contribution in [2.45, 2.75) is 38.1 Å². The largest absolute Gasteiger partial charge is 0.330 e. The Labute approximate surface area is 100 Å². The summed E-state index contributed by atoms with van der Waals surface area (Å²) in [5, 5.41) is 4.65. The van der Waals surface area contributed by atoms with Gasteiger partial charge in [-0.05, 0) is 12.8 Å². The number of imidazole rings is 1. The molecule has 2 aromatic rings. The minimum Gasteiger partial charge on any atom is -0.330 e. The predicted octanol–water partition coefficient (Wildman–Crippen LogP) is 3.03. The van der Waals surface area contributed by atoms with Crippen LogP contribution in [-0.4, -0.2) is 20.1 Å². The number of rotatable bonds is 3. The number of aromatic nitrogens is 3. The van der Waals surface area contributed by atoms with Gasteiger partial charge in [-0.2, -0.15) is 5.10 Å². The minimum absolute atomic E-state index is 0.647. The van der Waals surface area contributed by atoms with E-state index in [2.05, 4.69) is 15.7 Å². The van der Waals surface area contributed by atoms with Gasteiger partial charge in [-0.1, -0.05) is 12.8 Å². The quantitative estimate of drug-likeness (QED) is 0.753. The Bertz CT molecular complexity index is 479. The molecule has 16 heavy (non-hydrogen) atoms. The molecule has 0 radical (unpaired) electrons. The van der Waals surface area contributed by atoms with Crippen LogP contribution in [0, 0.1) is 0 Å². The average Bonchev–Trinajstić information content (AvgIpc) is 2.93. The standard InChI is InChI=1S/C12H16ClN3/c13-5-6-15-7-8-16-12(15)9-11(14-16)10-3-1-2-4-10/h7-10H,1-6H2. The van der Waals surface area contributed by atoms with Gasteiger partial charge in [0.05, 0.1) is 5.69 Å². The molecule has 0 saturated heterocycles. The van der Waals surface area contributed by atoms with E-state index in [-0.39, 0.29) is 0 Å². The number of aryl methyl sites for hydroxylation is 1. The highest BCUT2D eigenvalue weighted by molar-refractivity contribution is 6.17. The van der Waals surface area contributed by atoms with Crippen LogP contribution in [0.15, 0.2) is 18.5 Å². The van der Waals surface area contributed by atoms with Gasteiger partial charge in [-0.15, -0.1) is 11.6 Å². The Morgan fingerprint density at radius 3 is 2.88 bits per heavy atom. The van der Waals surface area contributed by atoms with Crippen molar-refractivity contribution in [1.82, 2.24) is 14.2 Å². The van der Waals surface area contributed by atoms with Crippen molar-refractivity contribution in [3.63, 3.8) is 0 Å². The number of nitrogens with zero attached hydrogens (tertiary/aromatic N) is 3. The normalized spacial score (nSPS) is 17.6. The first-order valence-corrected chi connectivity index (χ1v) is 6.52. The van der Waals surface area contributed by atoms with Crippen molar-refractivity contribution in [2.24, 2.45) is 0 Å². The molecule has 0 aromatic carbocycles. The lowest BCUT2D eigenvalue weighted by Gasteiger charge is -2.02. The van der Waals surface area contributed by atoms with E-state index in [1.807, 2.05) is 16.9 Å². The van der Waals surface area contributed by atoms with Gasteiger partial charge in [0.15, 0.2) is 0 Å². The minimum atomic E-state index is 0.647. The van der Waals surface area contributed by atoms with Gasteiger partial charge in [-0.3, -0.25) is 0 Å². The summed E-state index contributed by atoms with van der Waals surface area (Å²) in [5.41, 5.74) is 2.43. The van der Waals surface area contributed by atoms with Crippen LogP contribution in [-0.2, 0) is 6.54 Å². The van der Waals surface area contributed by atoms with Gasteiger partial charge >= 0.3 is 0 Å². The molecule has 0 amide bonds. The van der Waals surface area contributed by atoms with Crippen LogP contribution in [0.4, 0.5) is 0 Å². The molecule has 0 spiro atoms. The molecule has 0 bridgehead atoms. The van der Waals surface area contributed by atoms with Crippen molar-refractivity contribution < 1.29 is 0 Å². The van der Waals surface area contributed by atoms with Crippen LogP contribution >= 0.6 is 11.6 Å². The molecule has 0 aliphatic heterocycles. The number of alkyl halides is 1. The Kier molecular flexibility index (Phi) is 2.64. The summed E-state index contributed by atoms with van der Waals surface area (Å²) in [5.74, 6) is 1.33. The van der Waals surface area contributed by atoms with E-state index in [0.29, 0.717) is 11.8 Å². The molecule has 0 unspecified atom stereocenters. The van der Waals surface area contributed by atoms with Crippen molar-refractivity contribution >= 4 is 17.2 Å². The lowest BCUT2D eigenvalue weighted by molar-refractivity contribution is 0.685. The number of hydrogen-bond donors (Lipinski definition) is 0. The molecule has 1 fully saturated rings. The lowest BCUT2D eigenvalue weighted by atomic mass is 10.1. The fraction of sp³-hybridized carbons (Fsp3) is 0.583. The zero-order chi connectivity index (χ0) is 11.0. The first-order valence-electron chi connectivity index (χ1n) is 5.99. The van der Waals surface area contributed by atoms with Crippen LogP contribution in [0.1, 0.15) is 37.3 Å². The first kappa shape index (κ1) is 10.2. The zero-order valence-electron chi connectivity index (χ0n) is 9.27. The maximum atomic E-state index is 5.78. The summed E-state index contributed by atoms with van der Waals surface area (Å²) in [6.45, 7) is 0.855. The number of halogens is 1. The third-order valence-electron chi connectivity index (χ3n) is 3.52. The van der Waals surface area contributed by atoms with E-state index < -0.39 is 0 Å². The van der Waals surface area contributed by atoms with Gasteiger partial charge in [0.25, 0.3) is 0 Å². The second-order valence-corrected chi connectivity index (χ2v) is 4.91. The molecule has 2 heterocycles. The Hall–Kier alpha value is -0.960. The molecule has 0 atom stereocenters. The molecule has 1 aliphatic carbocycles. The first-order chi connectivity index (χ1) is 7.88. The van der Waals surface area contributed by atoms with Gasteiger partial charge in [0.2, 0.25) is 0 Å². The Balaban J connectivity index is 1.95. The third-order valence-corrected chi connectivity index (χ3v) is 3.68. The van der Waals surface area contributed by atoms with Crippen molar-refractivity contribution in [3.8, 4) is 0 Å². The summed E-state index contributed by atoms with van der Waals surface area (Å²) in [7, 11) is 0. The van der Waals surface area contributed by atoms with Gasteiger partial charge < -0.3 is 4.57 Å². The maximum absolute atomic E-state index is 5.78. The summed E-state index contributed by atoms with van der Waals surface area (Å²) in [6, 6.07) is 2.22. The third kappa shape index (κ3) is 1.63. The topological polar surface area (TPSA) is 22.2 Å². The summed E-state index contributed by atoms with van der Waals surface area (Å²) >= 11 is 5.78. The molecule has 2 aromatic heterocycles. The lowest BCUT2D eigenvalue weighted by Crippen LogP contribution is -1.96. The van der Waals surface area contributed by atoms with Crippen LogP contribution in [0.5, 0.6) is 0 Å².